The maximum absolute atomic E-state index is 13.2. The Labute approximate surface area is 290 Å². The first-order chi connectivity index (χ1) is 23.4. The van der Waals surface area contributed by atoms with E-state index < -0.39 is 24.0 Å². The summed E-state index contributed by atoms with van der Waals surface area (Å²) in [7, 11) is 0. The number of benzene rings is 3. The van der Waals surface area contributed by atoms with E-state index >= 15 is 0 Å². The summed E-state index contributed by atoms with van der Waals surface area (Å²) >= 11 is 1.37. The van der Waals surface area contributed by atoms with Crippen LogP contribution >= 0.6 is 11.3 Å². The van der Waals surface area contributed by atoms with E-state index in [4.69, 9.17) is 4.74 Å². The monoisotopic (exact) mass is 676 g/mol. The van der Waals surface area contributed by atoms with Gasteiger partial charge in [-0.1, -0.05) is 81.4 Å². The van der Waals surface area contributed by atoms with E-state index in [1.54, 1.807) is 18.5 Å². The summed E-state index contributed by atoms with van der Waals surface area (Å²) in [5.41, 5.74) is 5.54. The third kappa shape index (κ3) is 8.97. The maximum atomic E-state index is 13.2. The summed E-state index contributed by atoms with van der Waals surface area (Å²) in [5.74, 6) is -0.734. The standard InChI is InChI=1S/C39H40N4O5S/c1-6-48-31-17-15-27(16-18-31)26-11-13-28(14-12-26)30-22-40-35(41-23-30)29-9-7-25(8-10-29)21-32(36(44)42-24(2)38(46)47)43-37(45)33-19-20-34(49-33)39(3,4)5/h7-20,22-24,32H,6,21H2,1-5H3,(H,42,44)(H,43,45)(H,46,47)/t24-,32+/m1/s1. The fourth-order valence-electron chi connectivity index (χ4n) is 5.09. The molecule has 9 nitrogen and oxygen atoms in total. The molecule has 49 heavy (non-hydrogen) atoms. The number of aliphatic carboxylic acids is 1. The summed E-state index contributed by atoms with van der Waals surface area (Å²) in [5, 5.41) is 14.6. The average Bonchev–Trinajstić information content (AvgIpc) is 3.61. The molecule has 2 amide bonds. The Balaban J connectivity index is 1.26. The minimum absolute atomic E-state index is 0.119. The van der Waals surface area contributed by atoms with Crippen LogP contribution in [0, 0.1) is 0 Å². The first kappa shape index (κ1) is 35.0. The SMILES string of the molecule is CCOc1ccc(-c2ccc(-c3cnc(-c4ccc(C[C@H](NC(=O)c5ccc(C(C)(C)C)s5)C(=O)N[C@H](C)C(=O)O)cc4)nc3)cc2)cc1. The van der Waals surface area contributed by atoms with Crippen LogP contribution in [-0.2, 0) is 21.4 Å². The molecule has 0 saturated heterocycles. The molecular formula is C39H40N4O5S. The Kier molecular flexibility index (Phi) is 10.9. The van der Waals surface area contributed by atoms with E-state index in [0.29, 0.717) is 17.3 Å². The number of carboxylic acid groups (broad SMARTS) is 1. The number of thiophene rings is 1. The molecule has 0 aliphatic carbocycles. The van der Waals surface area contributed by atoms with Crippen molar-refractivity contribution in [1.82, 2.24) is 20.6 Å². The zero-order chi connectivity index (χ0) is 35.1. The molecule has 2 aromatic heterocycles. The van der Waals surface area contributed by atoms with Gasteiger partial charge in [0.15, 0.2) is 5.82 Å². The van der Waals surface area contributed by atoms with Crippen molar-refractivity contribution in [1.29, 1.82) is 0 Å². The third-order valence-corrected chi connectivity index (χ3v) is 9.45. The van der Waals surface area contributed by atoms with Gasteiger partial charge in [0.1, 0.15) is 17.8 Å². The van der Waals surface area contributed by atoms with Crippen LogP contribution in [0.25, 0.3) is 33.6 Å². The first-order valence-electron chi connectivity index (χ1n) is 16.1. The highest BCUT2D eigenvalue weighted by atomic mass is 32.1. The van der Waals surface area contributed by atoms with E-state index in [1.807, 2.05) is 73.7 Å². The number of carbonyl (C=O) groups excluding carboxylic acids is 2. The number of carboxylic acids is 1. The van der Waals surface area contributed by atoms with Crippen molar-refractivity contribution in [3.05, 3.63) is 113 Å². The lowest BCUT2D eigenvalue weighted by Gasteiger charge is -2.20. The van der Waals surface area contributed by atoms with Crippen molar-refractivity contribution in [2.75, 3.05) is 6.61 Å². The average molecular weight is 677 g/mol. The summed E-state index contributed by atoms with van der Waals surface area (Å²) in [4.78, 5) is 48.4. The van der Waals surface area contributed by atoms with Gasteiger partial charge in [0.25, 0.3) is 5.91 Å². The molecule has 10 heteroatoms. The topological polar surface area (TPSA) is 131 Å². The number of aromatic nitrogens is 2. The highest BCUT2D eigenvalue weighted by Gasteiger charge is 2.26. The van der Waals surface area contributed by atoms with E-state index in [1.165, 1.54) is 18.3 Å². The van der Waals surface area contributed by atoms with E-state index in [0.717, 1.165) is 44.0 Å². The molecule has 5 aromatic rings. The van der Waals surface area contributed by atoms with Gasteiger partial charge in [-0.15, -0.1) is 11.3 Å². The molecule has 3 aromatic carbocycles. The van der Waals surface area contributed by atoms with Gasteiger partial charge in [0.2, 0.25) is 5.91 Å². The third-order valence-electron chi connectivity index (χ3n) is 7.94. The molecule has 0 unspecified atom stereocenters. The van der Waals surface area contributed by atoms with E-state index in [2.05, 4.69) is 53.5 Å². The second-order valence-electron chi connectivity index (χ2n) is 12.7. The van der Waals surface area contributed by atoms with Crippen LogP contribution in [0.4, 0.5) is 0 Å². The minimum Gasteiger partial charge on any atom is -0.494 e. The normalized spacial score (nSPS) is 12.5. The molecule has 3 N–H and O–H groups in total. The second-order valence-corrected chi connectivity index (χ2v) is 13.8. The molecule has 252 valence electrons. The molecule has 0 saturated carbocycles. The van der Waals surface area contributed by atoms with Crippen LogP contribution in [0.15, 0.2) is 97.3 Å². The Morgan fingerprint density at radius 2 is 1.33 bits per heavy atom. The van der Waals surface area contributed by atoms with E-state index in [-0.39, 0.29) is 17.7 Å². The lowest BCUT2D eigenvalue weighted by Crippen LogP contribution is -2.51. The number of rotatable bonds is 12. The van der Waals surface area contributed by atoms with Crippen LogP contribution in [0.2, 0.25) is 0 Å². The molecule has 0 spiro atoms. The number of hydrogen-bond acceptors (Lipinski definition) is 7. The number of nitrogens with one attached hydrogen (secondary N) is 2. The predicted octanol–water partition coefficient (Wildman–Crippen LogP) is 7.17. The lowest BCUT2D eigenvalue weighted by molar-refractivity contribution is -0.141. The molecule has 0 radical (unpaired) electrons. The molecule has 2 heterocycles. The smallest absolute Gasteiger partial charge is 0.325 e. The number of ether oxygens (including phenoxy) is 1. The molecule has 0 aliphatic rings. The van der Waals surface area contributed by atoms with Gasteiger partial charge in [-0.05, 0) is 65.8 Å². The van der Waals surface area contributed by atoms with Gasteiger partial charge in [0, 0.05) is 34.8 Å². The summed E-state index contributed by atoms with van der Waals surface area (Å²) in [6.07, 6.45) is 3.74. The van der Waals surface area contributed by atoms with Gasteiger partial charge < -0.3 is 20.5 Å². The quantitative estimate of drug-likeness (QED) is 0.128. The fraction of sp³-hybridized carbons (Fsp3) is 0.256. The van der Waals surface area contributed by atoms with Crippen LogP contribution in [0.1, 0.15) is 54.7 Å². The van der Waals surface area contributed by atoms with Crippen LogP contribution in [0.5, 0.6) is 5.75 Å². The highest BCUT2D eigenvalue weighted by molar-refractivity contribution is 7.14. The van der Waals surface area contributed by atoms with Crippen LogP contribution in [-0.4, -0.2) is 51.5 Å². The number of amides is 2. The maximum Gasteiger partial charge on any atom is 0.325 e. The molecule has 5 rings (SSSR count). The molecule has 2 atom stereocenters. The number of hydrogen-bond donors (Lipinski definition) is 3. The van der Waals surface area contributed by atoms with Crippen LogP contribution in [0.3, 0.4) is 0 Å². The van der Waals surface area contributed by atoms with Crippen molar-refractivity contribution in [3.8, 4) is 39.4 Å². The van der Waals surface area contributed by atoms with Gasteiger partial charge >= 0.3 is 5.97 Å². The summed E-state index contributed by atoms with van der Waals surface area (Å²) < 4.78 is 5.54. The van der Waals surface area contributed by atoms with Gasteiger partial charge in [-0.3, -0.25) is 14.4 Å². The molecule has 0 aliphatic heterocycles. The van der Waals surface area contributed by atoms with Crippen LogP contribution < -0.4 is 15.4 Å². The van der Waals surface area contributed by atoms with Crippen molar-refractivity contribution >= 4 is 29.1 Å². The lowest BCUT2D eigenvalue weighted by atomic mass is 9.95. The van der Waals surface area contributed by atoms with Gasteiger partial charge in [0.05, 0.1) is 11.5 Å². The Bertz CT molecular complexity index is 1900. The zero-order valence-corrected chi connectivity index (χ0v) is 29.0. The Morgan fingerprint density at radius 1 is 0.776 bits per heavy atom. The van der Waals surface area contributed by atoms with Gasteiger partial charge in [-0.25, -0.2) is 9.97 Å². The van der Waals surface area contributed by atoms with Gasteiger partial charge in [-0.2, -0.15) is 0 Å². The van der Waals surface area contributed by atoms with Crippen molar-refractivity contribution in [2.24, 2.45) is 0 Å². The first-order valence-corrected chi connectivity index (χ1v) is 16.9. The van der Waals surface area contributed by atoms with Crippen molar-refractivity contribution in [3.63, 3.8) is 0 Å². The zero-order valence-electron chi connectivity index (χ0n) is 28.2. The van der Waals surface area contributed by atoms with Crippen molar-refractivity contribution in [2.45, 2.75) is 58.5 Å². The molecular weight excluding hydrogens is 637 g/mol. The largest absolute Gasteiger partial charge is 0.494 e. The highest BCUT2D eigenvalue weighted by Crippen LogP contribution is 2.30. The summed E-state index contributed by atoms with van der Waals surface area (Å²) in [6, 6.07) is 25.2. The van der Waals surface area contributed by atoms with Crippen molar-refractivity contribution < 1.29 is 24.2 Å². The number of carbonyl (C=O) groups is 3. The second kappa shape index (κ2) is 15.3. The fourth-order valence-corrected chi connectivity index (χ4v) is 6.06. The molecule has 0 bridgehead atoms. The summed E-state index contributed by atoms with van der Waals surface area (Å²) in [6.45, 7) is 10.2. The molecule has 0 fully saturated rings. The Morgan fingerprint density at radius 3 is 1.86 bits per heavy atom. The van der Waals surface area contributed by atoms with E-state index in [9.17, 15) is 19.5 Å². The Hall–Kier alpha value is -5.35. The predicted molar refractivity (Wildman–Crippen MR) is 193 cm³/mol. The number of nitrogens with zero attached hydrogens (tertiary/aromatic N) is 2. The minimum atomic E-state index is -1.16.